The first-order valence-corrected chi connectivity index (χ1v) is 42.8. The summed E-state index contributed by atoms with van der Waals surface area (Å²) in [6.07, 6.45) is 10.7. The van der Waals surface area contributed by atoms with E-state index in [9.17, 15) is 36.4 Å². The molecule has 0 spiro atoms. The highest BCUT2D eigenvalue weighted by Crippen LogP contribution is 2.34. The zero-order valence-electron chi connectivity index (χ0n) is 69.8. The maximum absolute atomic E-state index is 14.0. The number of fused-ring (bicyclic) bond motifs is 5. The van der Waals surface area contributed by atoms with Gasteiger partial charge in [0.05, 0.1) is 155 Å². The van der Waals surface area contributed by atoms with Gasteiger partial charge in [-0.15, -0.1) is 0 Å². The van der Waals surface area contributed by atoms with Crippen LogP contribution in [0, 0.1) is 18.6 Å². The Morgan fingerprint density at radius 3 is 1.36 bits per heavy atom. The summed E-state index contributed by atoms with van der Waals surface area (Å²) in [5.41, 5.74) is 13.6. The van der Waals surface area contributed by atoms with E-state index >= 15 is 0 Å². The van der Waals surface area contributed by atoms with E-state index in [1.165, 1.54) is 52.6 Å². The van der Waals surface area contributed by atoms with Crippen LogP contribution in [-0.4, -0.2) is 266 Å². The molecule has 4 fully saturated rings. The first kappa shape index (κ1) is 85.1. The Hall–Kier alpha value is -14.8. The molecule has 0 aliphatic carbocycles. The van der Waals surface area contributed by atoms with Crippen LogP contribution in [0.4, 0.5) is 31.5 Å². The molecule has 4 aliphatic rings. The number of hydrogen-bond donors (Lipinski definition) is 13. The van der Waals surface area contributed by atoms with E-state index in [0.717, 1.165) is 161 Å². The second-order valence-corrected chi connectivity index (χ2v) is 32.8. The number of anilines is 4. The van der Waals surface area contributed by atoms with Gasteiger partial charge in [0.1, 0.15) is 51.5 Å². The van der Waals surface area contributed by atoms with Gasteiger partial charge in [0.15, 0.2) is 34.8 Å². The molecule has 0 radical (unpaired) electrons. The van der Waals surface area contributed by atoms with Crippen LogP contribution >= 0.6 is 0 Å². The number of aromatic amines is 9. The predicted molar refractivity (Wildman–Crippen MR) is 472 cm³/mol. The molecule has 21 rings (SSSR count). The number of furan rings is 1. The zero-order valence-corrected chi connectivity index (χ0v) is 70.7. The Morgan fingerprint density at radius 1 is 0.481 bits per heavy atom. The molecule has 0 unspecified atom stereocenters. The van der Waals surface area contributed by atoms with Crippen molar-refractivity contribution in [2.45, 2.75) is 31.5 Å². The first-order chi connectivity index (χ1) is 62.8. The molecular formula is C87H87F2N27O12S. The molecular weight excluding hydrogens is 1690 g/mol. The molecule has 0 atom stereocenters. The Bertz CT molecular complexity index is 6990. The van der Waals surface area contributed by atoms with E-state index < -0.39 is 33.1 Å². The molecule has 15 heterocycles. The number of halogens is 2. The molecule has 129 heavy (non-hydrogen) atoms. The number of aromatic nitrogens is 18. The van der Waals surface area contributed by atoms with Crippen LogP contribution in [0.5, 0.6) is 5.75 Å². The molecule has 0 bridgehead atoms. The van der Waals surface area contributed by atoms with Crippen LogP contribution in [0.15, 0.2) is 179 Å². The quantitative estimate of drug-likeness (QED) is 0.0318. The third-order valence-corrected chi connectivity index (χ3v) is 24.1. The van der Waals surface area contributed by atoms with Gasteiger partial charge < -0.3 is 79.0 Å². The molecule has 13 N–H and O–H groups in total. The van der Waals surface area contributed by atoms with Crippen LogP contribution in [0.3, 0.4) is 0 Å². The number of amides is 4. The minimum Gasteiger partial charge on any atom is -0.494 e. The van der Waals surface area contributed by atoms with Crippen molar-refractivity contribution in [1.82, 2.24) is 115 Å². The average Bonchev–Trinajstić information content (AvgIpc) is 1.84. The largest absolute Gasteiger partial charge is 0.494 e. The van der Waals surface area contributed by atoms with Gasteiger partial charge in [0.2, 0.25) is 10.0 Å². The lowest BCUT2D eigenvalue weighted by Gasteiger charge is -2.31. The highest BCUT2D eigenvalue weighted by molar-refractivity contribution is 7.89. The second kappa shape index (κ2) is 37.8. The fourth-order valence-electron chi connectivity index (χ4n) is 15.4. The van der Waals surface area contributed by atoms with Gasteiger partial charge in [0, 0.05) is 114 Å². The van der Waals surface area contributed by atoms with E-state index in [1.807, 2.05) is 49.5 Å². The van der Waals surface area contributed by atoms with Crippen molar-refractivity contribution in [3.05, 3.63) is 221 Å². The van der Waals surface area contributed by atoms with Gasteiger partial charge in [-0.3, -0.25) is 54.3 Å². The predicted octanol–water partition coefficient (Wildman–Crippen LogP) is 10.9. The summed E-state index contributed by atoms with van der Waals surface area (Å²) >= 11 is 0. The molecule has 0 saturated carbocycles. The van der Waals surface area contributed by atoms with Crippen molar-refractivity contribution in [3.8, 4) is 51.8 Å². The summed E-state index contributed by atoms with van der Waals surface area (Å²) in [4.78, 5) is 94.1. The number of aryl methyl sites for hydroxylation is 1. The minimum atomic E-state index is -3.67. The Labute approximate surface area is 731 Å². The SMILES string of the molecule is CN1CCN(S(=O)(=O)c2ccc3nc(-c4[nH]ncc4NC(=O)c4c(F)cccc4F)[nH]c3c2)CC1.COc1c[nH]cc1C(=O)Nc1cn[nH]c1-c1nc2ccc(CN3CCOCC3)cc2[nH]1.Cc1cc(C(=O)Nc2cn[nH]c2-c2nc3ccc(CN4CCOCC4)cc3[nH]2)no1.O=C(Nc1cn[nH]c1-c1nc2ccc(CN3CCOCC3)cc2[nH]1)c1occ2ccccc12. The number of H-pyrrole nitrogens is 9. The van der Waals surface area contributed by atoms with E-state index in [-0.39, 0.29) is 51.3 Å². The summed E-state index contributed by atoms with van der Waals surface area (Å²) in [5.74, 6) is -0.639. The maximum atomic E-state index is 14.0. The summed E-state index contributed by atoms with van der Waals surface area (Å²) in [6.45, 7) is 16.8. The highest BCUT2D eigenvalue weighted by atomic mass is 32.2. The summed E-state index contributed by atoms with van der Waals surface area (Å²) in [7, 11) is -0.209. The topological polar surface area (TPSA) is 488 Å². The van der Waals surface area contributed by atoms with Crippen molar-refractivity contribution in [1.29, 1.82) is 0 Å². The fourth-order valence-corrected chi connectivity index (χ4v) is 16.8. The number of sulfonamides is 1. The fraction of sp³-hybridized carbons (Fsp3) is 0.253. The molecule has 662 valence electrons. The number of methoxy groups -OCH3 is 1. The third-order valence-electron chi connectivity index (χ3n) is 22.2. The number of imidazole rings is 4. The Balaban J connectivity index is 0.000000116. The number of nitrogens with zero attached hydrogens (tertiary/aromatic N) is 14. The van der Waals surface area contributed by atoms with Crippen LogP contribution in [-0.2, 0) is 43.9 Å². The number of morpholine rings is 3. The lowest BCUT2D eigenvalue weighted by atomic mass is 10.2. The van der Waals surface area contributed by atoms with Crippen molar-refractivity contribution < 1.29 is 64.3 Å². The van der Waals surface area contributed by atoms with Crippen molar-refractivity contribution >= 4 is 111 Å². The number of benzene rings is 6. The summed E-state index contributed by atoms with van der Waals surface area (Å²) in [6, 6.07) is 35.5. The van der Waals surface area contributed by atoms with Crippen LogP contribution < -0.4 is 26.0 Å². The number of hydrogen-bond acceptors (Lipinski definition) is 25. The molecule has 42 heteroatoms. The number of piperazine rings is 1. The van der Waals surface area contributed by atoms with E-state index in [4.69, 9.17) is 27.9 Å². The standard InChI is InChI=1S/C24H22N6O3.C22H21F2N7O3S.C21H23N7O3.C20H21N7O3/c31-24(22-17-4-2-1-3-16(17)14-33-22)28-20-12-25-29-21(20)23-26-18-6-5-15(11-19(18)27-23)13-30-7-9-32-10-8-30;1-30-7-9-31(10-8-30)35(33,34)13-5-6-16-17(11-13)27-21(26-16)20-18(12-25-29-20)28-22(32)19-14(23)3-2-4-15(19)24;1-30-18-11-22-9-14(18)21(29)26-17-10-23-27-19(17)20-24-15-3-2-13(8-16(15)25-20)12-28-4-6-31-7-5-28;1-12-8-16(26-30-12)20(28)24-17-10-21-25-18(17)19-22-14-3-2-13(9-15(14)23-19)11-27-4-6-29-7-5-27/h1-6,11-12,14H,7-10,13H2,(H,25,29)(H,26,27)(H,28,31);2-6,11-12H,7-10H2,1H3,(H,25,29)(H,26,27)(H,28,32);2-3,8-11,22H,4-7,12H2,1H3,(H,23,27)(H,24,25)(H,26,29);2-3,8-10H,4-7,11H2,1H3,(H,21,25)(H,22,23)(H,24,28). The van der Waals surface area contributed by atoms with E-state index in [2.05, 4.69) is 168 Å². The van der Waals surface area contributed by atoms with Crippen molar-refractivity contribution in [2.24, 2.45) is 0 Å². The van der Waals surface area contributed by atoms with Gasteiger partial charge in [-0.05, 0) is 97.4 Å². The Morgan fingerprint density at radius 2 is 0.907 bits per heavy atom. The number of likely N-dealkylation sites (N-methyl/N-ethyl adjacent to an activating group) is 1. The molecule has 17 aromatic rings. The lowest BCUT2D eigenvalue weighted by molar-refractivity contribution is 0.0341. The van der Waals surface area contributed by atoms with E-state index in [0.29, 0.717) is 106 Å². The van der Waals surface area contributed by atoms with Crippen LogP contribution in [0.1, 0.15) is 64.2 Å². The smallest absolute Gasteiger partial charge is 0.292 e. The van der Waals surface area contributed by atoms with Gasteiger partial charge in [-0.1, -0.05) is 53.7 Å². The van der Waals surface area contributed by atoms with Gasteiger partial charge in [-0.25, -0.2) is 37.1 Å². The molecule has 4 saturated heterocycles. The van der Waals surface area contributed by atoms with Crippen LogP contribution in [0.25, 0.3) is 101 Å². The summed E-state index contributed by atoms with van der Waals surface area (Å²) in [5, 5.41) is 44.0. The number of carbonyl (C=O) groups is 4. The Kier molecular flexibility index (Phi) is 24.9. The monoisotopic (exact) mass is 1770 g/mol. The molecule has 39 nitrogen and oxygen atoms in total. The number of carbonyl (C=O) groups excluding carboxylic acids is 4. The summed E-state index contributed by atoms with van der Waals surface area (Å²) < 4.78 is 87.5. The van der Waals surface area contributed by atoms with Crippen molar-refractivity contribution in [2.75, 3.05) is 141 Å². The second-order valence-electron chi connectivity index (χ2n) is 30.9. The van der Waals surface area contributed by atoms with E-state index in [1.54, 1.807) is 50.1 Å². The average molecular weight is 1770 g/mol. The maximum Gasteiger partial charge on any atom is 0.292 e. The molecule has 4 aliphatic heterocycles. The zero-order chi connectivity index (χ0) is 88.7. The number of ether oxygens (including phenoxy) is 4. The van der Waals surface area contributed by atoms with Crippen molar-refractivity contribution in [3.63, 3.8) is 0 Å². The minimum absolute atomic E-state index is 0.137. The third kappa shape index (κ3) is 19.2. The molecule has 11 aromatic heterocycles. The van der Waals surface area contributed by atoms with Gasteiger partial charge >= 0.3 is 0 Å². The van der Waals surface area contributed by atoms with Crippen LogP contribution in [0.2, 0.25) is 0 Å². The molecule has 6 aromatic carbocycles. The highest BCUT2D eigenvalue weighted by Gasteiger charge is 2.31. The number of rotatable bonds is 21. The number of nitrogens with one attached hydrogen (secondary N) is 13. The van der Waals surface area contributed by atoms with Gasteiger partial charge in [-0.2, -0.15) is 24.7 Å². The lowest BCUT2D eigenvalue weighted by Crippen LogP contribution is -2.46. The molecule has 4 amide bonds. The first-order valence-electron chi connectivity index (χ1n) is 41.3. The van der Waals surface area contributed by atoms with Gasteiger partial charge in [0.25, 0.3) is 23.6 Å². The normalized spacial score (nSPS) is 15.0.